The van der Waals surface area contributed by atoms with Crippen molar-refractivity contribution in [3.8, 4) is 0 Å². The SMILES string of the molecule is CCc1nc(SCC(=O)N(Cc2ccccn2)C[C@@H]2CCC(=O)N2)n[nH]1. The first-order chi connectivity index (χ1) is 12.6. The minimum Gasteiger partial charge on any atom is -0.352 e. The molecule has 1 atom stereocenters. The molecular weight excluding hydrogens is 352 g/mol. The zero-order valence-corrected chi connectivity index (χ0v) is 15.5. The Morgan fingerprint density at radius 2 is 2.31 bits per heavy atom. The van der Waals surface area contributed by atoms with Crippen LogP contribution in [0.3, 0.4) is 0 Å². The molecule has 0 radical (unpaired) electrons. The monoisotopic (exact) mass is 374 g/mol. The van der Waals surface area contributed by atoms with Crippen molar-refractivity contribution < 1.29 is 9.59 Å². The number of amides is 2. The van der Waals surface area contributed by atoms with Crippen molar-refractivity contribution in [2.24, 2.45) is 0 Å². The second-order valence-corrected chi connectivity index (χ2v) is 7.05. The van der Waals surface area contributed by atoms with Crippen LogP contribution in [-0.4, -0.2) is 55.2 Å². The highest BCUT2D eigenvalue weighted by Gasteiger charge is 2.26. The fourth-order valence-electron chi connectivity index (χ4n) is 2.74. The van der Waals surface area contributed by atoms with E-state index in [-0.39, 0.29) is 23.6 Å². The van der Waals surface area contributed by atoms with Crippen LogP contribution in [-0.2, 0) is 22.6 Å². The summed E-state index contributed by atoms with van der Waals surface area (Å²) in [6, 6.07) is 5.63. The average molecular weight is 374 g/mol. The number of nitrogens with zero attached hydrogens (tertiary/aromatic N) is 4. The largest absolute Gasteiger partial charge is 0.352 e. The summed E-state index contributed by atoms with van der Waals surface area (Å²) in [6.45, 7) is 2.89. The van der Waals surface area contributed by atoms with E-state index in [9.17, 15) is 9.59 Å². The molecule has 1 aliphatic rings. The number of rotatable bonds is 8. The van der Waals surface area contributed by atoms with Crippen molar-refractivity contribution in [1.82, 2.24) is 30.4 Å². The average Bonchev–Trinajstić information content (AvgIpc) is 3.28. The van der Waals surface area contributed by atoms with E-state index in [0.717, 1.165) is 24.4 Å². The van der Waals surface area contributed by atoms with Gasteiger partial charge >= 0.3 is 0 Å². The Labute approximate surface area is 156 Å². The third-order valence-electron chi connectivity index (χ3n) is 4.13. The Balaban J connectivity index is 1.62. The van der Waals surface area contributed by atoms with Crippen molar-refractivity contribution in [2.75, 3.05) is 12.3 Å². The van der Waals surface area contributed by atoms with Gasteiger partial charge in [-0.3, -0.25) is 19.7 Å². The molecule has 2 N–H and O–H groups in total. The van der Waals surface area contributed by atoms with Crippen LogP contribution in [0.15, 0.2) is 29.6 Å². The van der Waals surface area contributed by atoms with Crippen LogP contribution in [0.4, 0.5) is 0 Å². The fourth-order valence-corrected chi connectivity index (χ4v) is 3.46. The molecule has 8 nitrogen and oxygen atoms in total. The van der Waals surface area contributed by atoms with E-state index in [1.54, 1.807) is 11.1 Å². The zero-order valence-electron chi connectivity index (χ0n) is 14.6. The van der Waals surface area contributed by atoms with E-state index < -0.39 is 0 Å². The van der Waals surface area contributed by atoms with Gasteiger partial charge < -0.3 is 10.2 Å². The van der Waals surface area contributed by atoms with Gasteiger partial charge in [0.1, 0.15) is 5.82 Å². The smallest absolute Gasteiger partial charge is 0.233 e. The van der Waals surface area contributed by atoms with Crippen molar-refractivity contribution >= 4 is 23.6 Å². The van der Waals surface area contributed by atoms with E-state index >= 15 is 0 Å². The third kappa shape index (κ3) is 5.04. The summed E-state index contributed by atoms with van der Waals surface area (Å²) in [5.41, 5.74) is 0.821. The van der Waals surface area contributed by atoms with Gasteiger partial charge in [-0.15, -0.1) is 5.10 Å². The van der Waals surface area contributed by atoms with Crippen LogP contribution < -0.4 is 5.32 Å². The molecule has 0 bridgehead atoms. The summed E-state index contributed by atoms with van der Waals surface area (Å²) in [6.07, 6.45) is 3.75. The van der Waals surface area contributed by atoms with Crippen LogP contribution in [0.5, 0.6) is 0 Å². The Hall–Kier alpha value is -2.42. The summed E-state index contributed by atoms with van der Waals surface area (Å²) >= 11 is 1.31. The van der Waals surface area contributed by atoms with Crippen molar-refractivity contribution in [3.05, 3.63) is 35.9 Å². The standard InChI is InChI=1S/C17H22N6O2S/c1-2-14-20-17(22-21-14)26-11-16(25)23(9-12-5-3-4-8-18-12)10-13-6-7-15(24)19-13/h3-5,8,13H,2,6-7,9-11H2,1H3,(H,19,24)(H,20,21,22)/t13-/m0/s1. The molecule has 1 fully saturated rings. The lowest BCUT2D eigenvalue weighted by Gasteiger charge is -2.25. The maximum atomic E-state index is 12.8. The van der Waals surface area contributed by atoms with Gasteiger partial charge in [0.25, 0.3) is 0 Å². The van der Waals surface area contributed by atoms with Crippen LogP contribution >= 0.6 is 11.8 Å². The predicted octanol–water partition coefficient (Wildman–Crippen LogP) is 1.16. The molecule has 0 aromatic carbocycles. The van der Waals surface area contributed by atoms with Crippen molar-refractivity contribution in [2.45, 2.75) is 43.9 Å². The molecule has 0 spiro atoms. The Bertz CT molecular complexity index is 751. The van der Waals surface area contributed by atoms with Crippen LogP contribution in [0.1, 0.15) is 31.3 Å². The second kappa shape index (κ2) is 8.79. The first-order valence-corrected chi connectivity index (χ1v) is 9.63. The van der Waals surface area contributed by atoms with Crippen molar-refractivity contribution in [1.29, 1.82) is 0 Å². The Morgan fingerprint density at radius 1 is 1.42 bits per heavy atom. The molecule has 0 aliphatic carbocycles. The van der Waals surface area contributed by atoms with E-state index in [4.69, 9.17) is 0 Å². The van der Waals surface area contributed by atoms with E-state index in [1.807, 2.05) is 25.1 Å². The molecule has 2 aromatic rings. The van der Waals surface area contributed by atoms with Crippen molar-refractivity contribution in [3.63, 3.8) is 0 Å². The van der Waals surface area contributed by atoms with Gasteiger partial charge in [-0.1, -0.05) is 24.8 Å². The summed E-state index contributed by atoms with van der Waals surface area (Å²) in [7, 11) is 0. The number of hydrogen-bond donors (Lipinski definition) is 2. The molecule has 3 rings (SSSR count). The lowest BCUT2D eigenvalue weighted by atomic mass is 10.2. The number of H-pyrrole nitrogens is 1. The molecule has 2 amide bonds. The lowest BCUT2D eigenvalue weighted by Crippen LogP contribution is -2.42. The van der Waals surface area contributed by atoms with Gasteiger partial charge in [0.15, 0.2) is 0 Å². The van der Waals surface area contributed by atoms with Gasteiger partial charge in [-0.2, -0.15) is 0 Å². The van der Waals surface area contributed by atoms with Crippen LogP contribution in [0.2, 0.25) is 0 Å². The van der Waals surface area contributed by atoms with Crippen LogP contribution in [0, 0.1) is 0 Å². The molecule has 26 heavy (non-hydrogen) atoms. The number of carbonyl (C=O) groups is 2. The quantitative estimate of drug-likeness (QED) is 0.672. The number of nitrogens with one attached hydrogen (secondary N) is 2. The first-order valence-electron chi connectivity index (χ1n) is 8.65. The van der Waals surface area contributed by atoms with Gasteiger partial charge in [0, 0.05) is 31.6 Å². The molecule has 138 valence electrons. The Kier molecular flexibility index (Phi) is 6.21. The van der Waals surface area contributed by atoms with E-state index in [2.05, 4.69) is 25.5 Å². The highest BCUT2D eigenvalue weighted by atomic mass is 32.2. The second-order valence-electron chi connectivity index (χ2n) is 6.11. The number of aryl methyl sites for hydroxylation is 1. The maximum absolute atomic E-state index is 12.8. The number of pyridine rings is 1. The molecular formula is C17H22N6O2S. The number of hydrogen-bond acceptors (Lipinski definition) is 6. The molecule has 0 saturated carbocycles. The highest BCUT2D eigenvalue weighted by Crippen LogP contribution is 2.16. The van der Waals surface area contributed by atoms with Gasteiger partial charge in [-0.25, -0.2) is 4.98 Å². The molecule has 1 saturated heterocycles. The maximum Gasteiger partial charge on any atom is 0.233 e. The highest BCUT2D eigenvalue weighted by molar-refractivity contribution is 7.99. The number of aromatic amines is 1. The Morgan fingerprint density at radius 3 is 2.96 bits per heavy atom. The zero-order chi connectivity index (χ0) is 18.4. The van der Waals surface area contributed by atoms with Crippen LogP contribution in [0.25, 0.3) is 0 Å². The molecule has 0 unspecified atom stereocenters. The number of carbonyl (C=O) groups excluding carboxylic acids is 2. The third-order valence-corrected chi connectivity index (χ3v) is 4.96. The molecule has 2 aromatic heterocycles. The topological polar surface area (TPSA) is 104 Å². The van der Waals surface area contributed by atoms with Gasteiger partial charge in [0.2, 0.25) is 17.0 Å². The first kappa shape index (κ1) is 18.4. The van der Waals surface area contributed by atoms with Gasteiger partial charge in [0.05, 0.1) is 18.0 Å². The number of aromatic nitrogens is 4. The minimum absolute atomic E-state index is 0.00429. The lowest BCUT2D eigenvalue weighted by molar-refractivity contribution is -0.129. The predicted molar refractivity (Wildman–Crippen MR) is 97.3 cm³/mol. The summed E-state index contributed by atoms with van der Waals surface area (Å²) < 4.78 is 0. The minimum atomic E-state index is -0.0235. The van der Waals surface area contributed by atoms with E-state index in [1.165, 1.54) is 11.8 Å². The summed E-state index contributed by atoms with van der Waals surface area (Å²) in [5, 5.41) is 10.4. The summed E-state index contributed by atoms with van der Waals surface area (Å²) in [4.78, 5) is 34.6. The van der Waals surface area contributed by atoms with E-state index in [0.29, 0.717) is 24.7 Å². The summed E-state index contributed by atoms with van der Waals surface area (Å²) in [5.74, 6) is 1.07. The fraction of sp³-hybridized carbons (Fsp3) is 0.471. The molecule has 1 aliphatic heterocycles. The van der Waals surface area contributed by atoms with Gasteiger partial charge in [-0.05, 0) is 18.6 Å². The molecule has 3 heterocycles. The molecule has 9 heteroatoms. The normalized spacial score (nSPS) is 16.5. The number of thioether (sulfide) groups is 1.